The van der Waals surface area contributed by atoms with Gasteiger partial charge >= 0.3 is 0 Å². The van der Waals surface area contributed by atoms with Gasteiger partial charge in [0.1, 0.15) is 11.5 Å². The Morgan fingerprint density at radius 2 is 1.15 bits per heavy atom. The molecule has 2 heteroatoms. The summed E-state index contributed by atoms with van der Waals surface area (Å²) in [5.41, 5.74) is 2.66. The van der Waals surface area contributed by atoms with E-state index in [-0.39, 0.29) is 0 Å². The Morgan fingerprint density at radius 3 is 1.50 bits per heavy atom. The van der Waals surface area contributed by atoms with Gasteiger partial charge in [0.25, 0.3) is 0 Å². The SMILES string of the molecule is CC1CC(Cc2ccc(O)cc2)C(C(C)C)C(Cc2ccc(O)cc2)C1. The predicted octanol–water partition coefficient (Wildman–Crippen LogP) is 5.82. The molecule has 2 unspecified atom stereocenters. The van der Waals surface area contributed by atoms with Gasteiger partial charge in [-0.3, -0.25) is 0 Å². The maximum atomic E-state index is 9.55. The fraction of sp³-hybridized carbons (Fsp3) is 0.500. The van der Waals surface area contributed by atoms with Crippen LogP contribution < -0.4 is 0 Å². The minimum atomic E-state index is 0.344. The maximum absolute atomic E-state index is 9.55. The molecule has 0 aromatic heterocycles. The van der Waals surface area contributed by atoms with Crippen LogP contribution >= 0.6 is 0 Å². The van der Waals surface area contributed by atoms with E-state index in [9.17, 15) is 10.2 Å². The van der Waals surface area contributed by atoms with Gasteiger partial charge in [-0.1, -0.05) is 45.0 Å². The first kappa shape index (κ1) is 18.8. The number of phenolic OH excluding ortho intramolecular Hbond substituents is 2. The molecule has 1 saturated carbocycles. The lowest BCUT2D eigenvalue weighted by atomic mass is 9.61. The van der Waals surface area contributed by atoms with Crippen molar-refractivity contribution >= 4 is 0 Å². The van der Waals surface area contributed by atoms with Crippen LogP contribution in [0.15, 0.2) is 48.5 Å². The molecule has 3 rings (SSSR count). The molecule has 0 radical (unpaired) electrons. The molecule has 1 aliphatic carbocycles. The van der Waals surface area contributed by atoms with Gasteiger partial charge in [-0.15, -0.1) is 0 Å². The summed E-state index contributed by atoms with van der Waals surface area (Å²) in [5, 5.41) is 19.1. The highest BCUT2D eigenvalue weighted by Gasteiger charge is 2.37. The van der Waals surface area contributed by atoms with Gasteiger partial charge in [-0.25, -0.2) is 0 Å². The standard InChI is InChI=1S/C24H32O2/c1-16(2)24-20(14-18-4-8-22(25)9-5-18)12-17(3)13-21(24)15-19-6-10-23(26)11-7-19/h4-11,16-17,20-21,24-26H,12-15H2,1-3H3. The van der Waals surface area contributed by atoms with Crippen LogP contribution in [0.4, 0.5) is 0 Å². The zero-order chi connectivity index (χ0) is 18.7. The Hall–Kier alpha value is -1.96. The molecule has 0 bridgehead atoms. The highest BCUT2D eigenvalue weighted by molar-refractivity contribution is 5.27. The molecule has 0 saturated heterocycles. The lowest BCUT2D eigenvalue weighted by Crippen LogP contribution is -2.37. The number of hydrogen-bond acceptors (Lipinski definition) is 2. The molecule has 0 spiro atoms. The molecular formula is C24H32O2. The van der Waals surface area contributed by atoms with Crippen LogP contribution in [0, 0.1) is 29.6 Å². The van der Waals surface area contributed by atoms with Gasteiger partial charge in [-0.05, 0) is 90.7 Å². The Balaban J connectivity index is 1.79. The van der Waals surface area contributed by atoms with Crippen LogP contribution in [-0.4, -0.2) is 10.2 Å². The third kappa shape index (κ3) is 4.60. The van der Waals surface area contributed by atoms with Gasteiger partial charge in [0.2, 0.25) is 0 Å². The van der Waals surface area contributed by atoms with E-state index in [0.29, 0.717) is 35.2 Å². The molecule has 2 aromatic rings. The summed E-state index contributed by atoms with van der Waals surface area (Å²) in [5.74, 6) is 4.17. The number of hydrogen-bond donors (Lipinski definition) is 2. The third-order valence-electron chi connectivity index (χ3n) is 6.14. The molecule has 2 N–H and O–H groups in total. The minimum absolute atomic E-state index is 0.344. The highest BCUT2D eigenvalue weighted by Crippen LogP contribution is 2.45. The fourth-order valence-electron chi connectivity index (χ4n) is 5.23. The Kier molecular flexibility index (Phi) is 5.90. The molecule has 1 aliphatic rings. The van der Waals surface area contributed by atoms with E-state index in [4.69, 9.17) is 0 Å². The van der Waals surface area contributed by atoms with E-state index in [1.165, 1.54) is 24.0 Å². The molecule has 140 valence electrons. The topological polar surface area (TPSA) is 40.5 Å². The average Bonchev–Trinajstić information content (AvgIpc) is 2.58. The third-order valence-corrected chi connectivity index (χ3v) is 6.14. The number of phenols is 2. The molecule has 0 aliphatic heterocycles. The van der Waals surface area contributed by atoms with E-state index in [2.05, 4.69) is 45.0 Å². The van der Waals surface area contributed by atoms with Crippen LogP contribution in [-0.2, 0) is 12.8 Å². The van der Waals surface area contributed by atoms with Gasteiger partial charge in [-0.2, -0.15) is 0 Å². The van der Waals surface area contributed by atoms with E-state index in [1.807, 2.05) is 0 Å². The summed E-state index contributed by atoms with van der Waals surface area (Å²) in [6.45, 7) is 7.13. The lowest BCUT2D eigenvalue weighted by molar-refractivity contribution is 0.0735. The van der Waals surface area contributed by atoms with Crippen LogP contribution in [0.2, 0.25) is 0 Å². The van der Waals surface area contributed by atoms with E-state index in [1.54, 1.807) is 24.3 Å². The second-order valence-corrected chi connectivity index (χ2v) is 8.66. The normalized spacial score (nSPS) is 26.2. The minimum Gasteiger partial charge on any atom is -0.508 e. The van der Waals surface area contributed by atoms with Crippen LogP contribution in [0.1, 0.15) is 44.7 Å². The molecule has 26 heavy (non-hydrogen) atoms. The smallest absolute Gasteiger partial charge is 0.115 e. The first-order valence-corrected chi connectivity index (χ1v) is 9.98. The van der Waals surface area contributed by atoms with Crippen molar-refractivity contribution in [2.45, 2.75) is 46.5 Å². The summed E-state index contributed by atoms with van der Waals surface area (Å²) in [6.07, 6.45) is 4.77. The van der Waals surface area contributed by atoms with Crippen molar-refractivity contribution < 1.29 is 10.2 Å². The van der Waals surface area contributed by atoms with Gasteiger partial charge in [0.15, 0.2) is 0 Å². The van der Waals surface area contributed by atoms with Gasteiger partial charge in [0, 0.05) is 0 Å². The lowest BCUT2D eigenvalue weighted by Gasteiger charge is -2.44. The van der Waals surface area contributed by atoms with Gasteiger partial charge < -0.3 is 10.2 Å². The monoisotopic (exact) mass is 352 g/mol. The molecule has 2 atom stereocenters. The van der Waals surface area contributed by atoms with Crippen LogP contribution in [0.25, 0.3) is 0 Å². The molecular weight excluding hydrogens is 320 g/mol. The highest BCUT2D eigenvalue weighted by atomic mass is 16.3. The van der Waals surface area contributed by atoms with E-state index >= 15 is 0 Å². The largest absolute Gasteiger partial charge is 0.508 e. The van der Waals surface area contributed by atoms with Crippen molar-refractivity contribution in [1.29, 1.82) is 0 Å². The molecule has 0 amide bonds. The molecule has 1 fully saturated rings. The van der Waals surface area contributed by atoms with Crippen molar-refractivity contribution in [2.24, 2.45) is 29.6 Å². The zero-order valence-electron chi connectivity index (χ0n) is 16.2. The zero-order valence-corrected chi connectivity index (χ0v) is 16.2. The van der Waals surface area contributed by atoms with Crippen molar-refractivity contribution in [2.75, 3.05) is 0 Å². The maximum Gasteiger partial charge on any atom is 0.115 e. The van der Waals surface area contributed by atoms with Crippen molar-refractivity contribution in [3.05, 3.63) is 59.7 Å². The second kappa shape index (κ2) is 8.16. The quantitative estimate of drug-likeness (QED) is 0.712. The number of benzene rings is 2. The first-order chi connectivity index (χ1) is 12.4. The Labute approximate surface area is 157 Å². The number of rotatable bonds is 5. The Morgan fingerprint density at radius 1 is 0.769 bits per heavy atom. The van der Waals surface area contributed by atoms with Crippen molar-refractivity contribution in [3.8, 4) is 11.5 Å². The van der Waals surface area contributed by atoms with Crippen LogP contribution in [0.3, 0.4) is 0 Å². The van der Waals surface area contributed by atoms with E-state index in [0.717, 1.165) is 18.8 Å². The van der Waals surface area contributed by atoms with Crippen molar-refractivity contribution in [3.63, 3.8) is 0 Å². The van der Waals surface area contributed by atoms with E-state index < -0.39 is 0 Å². The van der Waals surface area contributed by atoms with Gasteiger partial charge in [0.05, 0.1) is 0 Å². The summed E-state index contributed by atoms with van der Waals surface area (Å²) < 4.78 is 0. The summed E-state index contributed by atoms with van der Waals surface area (Å²) in [7, 11) is 0. The fourth-order valence-corrected chi connectivity index (χ4v) is 5.23. The Bertz CT molecular complexity index is 630. The summed E-state index contributed by atoms with van der Waals surface area (Å²) >= 11 is 0. The van der Waals surface area contributed by atoms with Crippen LogP contribution in [0.5, 0.6) is 11.5 Å². The first-order valence-electron chi connectivity index (χ1n) is 9.98. The number of aromatic hydroxyl groups is 2. The molecule has 2 nitrogen and oxygen atoms in total. The van der Waals surface area contributed by atoms with Crippen molar-refractivity contribution in [1.82, 2.24) is 0 Å². The summed E-state index contributed by atoms with van der Waals surface area (Å²) in [6, 6.07) is 15.5. The summed E-state index contributed by atoms with van der Waals surface area (Å²) in [4.78, 5) is 0. The molecule has 2 aromatic carbocycles. The predicted molar refractivity (Wildman–Crippen MR) is 107 cm³/mol. The second-order valence-electron chi connectivity index (χ2n) is 8.66. The average molecular weight is 353 g/mol. The molecule has 0 heterocycles.